The molecular weight excluding hydrogens is 568 g/mol. The molecule has 11 heteroatoms. The minimum Gasteiger partial charge on any atom is -0.496 e. The monoisotopic (exact) mass is 613 g/mol. The van der Waals surface area contributed by atoms with E-state index < -0.39 is 12.0 Å². The quantitative estimate of drug-likeness (QED) is 0.394. The zero-order valence-corrected chi connectivity index (χ0v) is 26.4. The Labute approximate surface area is 258 Å². The minimum atomic E-state index is -2.46. The van der Waals surface area contributed by atoms with Crippen molar-refractivity contribution in [2.24, 2.45) is 0 Å². The van der Waals surface area contributed by atoms with Crippen molar-refractivity contribution < 1.29 is 27.8 Å². The number of rotatable bonds is 7. The van der Waals surface area contributed by atoms with Crippen LogP contribution >= 0.6 is 0 Å². The molecule has 0 bridgehead atoms. The molecule has 240 valence electrons. The molecule has 4 heterocycles. The molecule has 0 spiro atoms. The maximum atomic E-state index is 14.0. The Morgan fingerprint density at radius 3 is 2.59 bits per heavy atom. The van der Waals surface area contributed by atoms with Gasteiger partial charge in [0.1, 0.15) is 17.6 Å². The number of methoxy groups -OCH3 is 1. The number of hydrazine groups is 1. The van der Waals surface area contributed by atoms with Gasteiger partial charge in [-0.05, 0) is 82.2 Å². The second-order valence-corrected chi connectivity index (χ2v) is 13.4. The zero-order chi connectivity index (χ0) is 31.2. The van der Waals surface area contributed by atoms with Crippen LogP contribution in [-0.4, -0.2) is 84.6 Å². The van der Waals surface area contributed by atoms with Crippen LogP contribution in [0.25, 0.3) is 0 Å². The molecule has 2 fully saturated rings. The summed E-state index contributed by atoms with van der Waals surface area (Å²) in [7, 11) is 1.62. The molecule has 4 aliphatic rings. The first kappa shape index (κ1) is 30.9. The Hall–Kier alpha value is -3.15. The number of alkyl halides is 2. The number of fused-ring (bicyclic) bond motifs is 3. The number of anilines is 2. The molecule has 1 unspecified atom stereocenters. The fraction of sp³-hybridized carbons (Fsp3) is 0.606. The van der Waals surface area contributed by atoms with Gasteiger partial charge >= 0.3 is 6.09 Å². The number of halogens is 2. The maximum Gasteiger partial charge on any atom is 0.410 e. The van der Waals surface area contributed by atoms with Crippen molar-refractivity contribution >= 4 is 17.5 Å². The number of amides is 1. The molecular formula is C33H45F2N5O4. The number of benzene rings is 2. The Morgan fingerprint density at radius 2 is 1.91 bits per heavy atom. The van der Waals surface area contributed by atoms with E-state index in [0.29, 0.717) is 25.3 Å². The van der Waals surface area contributed by atoms with Crippen LogP contribution in [0.1, 0.15) is 75.3 Å². The molecule has 2 aromatic carbocycles. The van der Waals surface area contributed by atoms with Crippen molar-refractivity contribution in [3.63, 3.8) is 0 Å². The largest absolute Gasteiger partial charge is 0.496 e. The number of hydrogen-bond donors (Lipinski definition) is 2. The summed E-state index contributed by atoms with van der Waals surface area (Å²) < 4.78 is 45.4. The van der Waals surface area contributed by atoms with Gasteiger partial charge in [-0.1, -0.05) is 12.1 Å². The lowest BCUT2D eigenvalue weighted by atomic mass is 9.82. The minimum absolute atomic E-state index is 0.0333. The number of carbonyl (C=O) groups is 1. The van der Waals surface area contributed by atoms with E-state index in [4.69, 9.17) is 14.2 Å². The van der Waals surface area contributed by atoms with Crippen LogP contribution in [-0.2, 0) is 22.4 Å². The third-order valence-corrected chi connectivity index (χ3v) is 9.04. The molecule has 3 atom stereocenters. The Morgan fingerprint density at radius 1 is 1.14 bits per heavy atom. The molecule has 4 aliphatic heterocycles. The first-order chi connectivity index (χ1) is 21.0. The second-order valence-electron chi connectivity index (χ2n) is 13.4. The molecule has 9 nitrogen and oxygen atoms in total. The summed E-state index contributed by atoms with van der Waals surface area (Å²) in [5.41, 5.74) is 9.28. The van der Waals surface area contributed by atoms with Gasteiger partial charge in [0.15, 0.2) is 0 Å². The number of likely N-dealkylation sites (tertiary alicyclic amines) is 1. The molecule has 6 rings (SSSR count). The average Bonchev–Trinajstić information content (AvgIpc) is 3.40. The fourth-order valence-electron chi connectivity index (χ4n) is 6.95. The molecule has 2 saturated heterocycles. The zero-order valence-electron chi connectivity index (χ0n) is 26.4. The normalized spacial score (nSPS) is 24.4. The van der Waals surface area contributed by atoms with Gasteiger partial charge in [-0.3, -0.25) is 4.90 Å². The van der Waals surface area contributed by atoms with Gasteiger partial charge < -0.3 is 29.9 Å². The summed E-state index contributed by atoms with van der Waals surface area (Å²) in [5.74, 6) is 0.637. The molecule has 2 aromatic rings. The van der Waals surface area contributed by atoms with Crippen LogP contribution in [0.4, 0.5) is 25.0 Å². The summed E-state index contributed by atoms with van der Waals surface area (Å²) in [4.78, 5) is 15.9. The third kappa shape index (κ3) is 6.32. The second kappa shape index (κ2) is 12.3. The van der Waals surface area contributed by atoms with E-state index in [9.17, 15) is 13.6 Å². The number of nitrogens with one attached hydrogen (secondary N) is 2. The molecule has 0 saturated carbocycles. The van der Waals surface area contributed by atoms with E-state index in [-0.39, 0.29) is 37.0 Å². The van der Waals surface area contributed by atoms with Crippen molar-refractivity contribution in [3.8, 4) is 5.75 Å². The van der Waals surface area contributed by atoms with Gasteiger partial charge in [-0.15, -0.1) is 0 Å². The first-order valence-electron chi connectivity index (χ1n) is 15.8. The van der Waals surface area contributed by atoms with E-state index in [1.807, 2.05) is 50.8 Å². The van der Waals surface area contributed by atoms with Gasteiger partial charge in [0.05, 0.1) is 31.4 Å². The van der Waals surface area contributed by atoms with Gasteiger partial charge in [-0.2, -0.15) is 5.01 Å². The van der Waals surface area contributed by atoms with Crippen LogP contribution in [0.3, 0.4) is 0 Å². The van der Waals surface area contributed by atoms with Crippen LogP contribution in [0.5, 0.6) is 5.75 Å². The lowest BCUT2D eigenvalue weighted by molar-refractivity contribution is -0.0756. The SMILES string of the molecule is COc1cc(NC2CN(C(=O)OC(C)(C)C)C2)ccc1[C@@H]1c2ccc3c(c2C[C@@H](C)N1CC(F)F)CN(C1CCCCO1)N3. The Bertz CT molecular complexity index is 1360. The van der Waals surface area contributed by atoms with Crippen LogP contribution in [0.2, 0.25) is 0 Å². The lowest BCUT2D eigenvalue weighted by Gasteiger charge is -2.43. The van der Waals surface area contributed by atoms with E-state index in [1.54, 1.807) is 12.0 Å². The van der Waals surface area contributed by atoms with Crippen molar-refractivity contribution in [2.45, 2.75) is 96.3 Å². The Balaban J connectivity index is 1.25. The van der Waals surface area contributed by atoms with E-state index in [1.165, 1.54) is 11.1 Å². The van der Waals surface area contributed by atoms with Crippen molar-refractivity contribution in [3.05, 3.63) is 52.6 Å². The lowest BCUT2D eigenvalue weighted by Crippen LogP contribution is -2.57. The number of hydrogen-bond acceptors (Lipinski definition) is 8. The molecule has 0 radical (unpaired) electrons. The molecule has 0 aromatic heterocycles. The number of ether oxygens (including phenoxy) is 3. The van der Waals surface area contributed by atoms with Gasteiger partial charge in [0.2, 0.25) is 0 Å². The summed E-state index contributed by atoms with van der Waals surface area (Å²) in [5, 5.41) is 5.66. The van der Waals surface area contributed by atoms with Crippen LogP contribution in [0, 0.1) is 0 Å². The highest BCUT2D eigenvalue weighted by Crippen LogP contribution is 2.46. The van der Waals surface area contributed by atoms with E-state index in [0.717, 1.165) is 54.9 Å². The summed E-state index contributed by atoms with van der Waals surface area (Å²) in [6, 6.07) is 9.67. The number of carbonyl (C=O) groups excluding carboxylic acids is 1. The standard InChI is InChI=1S/C33H45F2N5O4/c1-20-14-25-23(11-12-27-26(25)18-40(37-27)30-8-6-7-13-43-30)31(39(20)19-29(34)35)24-10-9-21(15-28(24)42-5)36-22-16-38(17-22)32(41)44-33(2,3)4/h9-12,15,20,22,29-31,36-37H,6-8,13-14,16-19H2,1-5H3/t20-,30?,31+/m1/s1. The summed E-state index contributed by atoms with van der Waals surface area (Å²) in [6.45, 7) is 9.85. The highest BCUT2D eigenvalue weighted by atomic mass is 19.3. The molecule has 1 amide bonds. The topological polar surface area (TPSA) is 78.5 Å². The van der Waals surface area contributed by atoms with E-state index >= 15 is 0 Å². The van der Waals surface area contributed by atoms with E-state index in [2.05, 4.69) is 27.9 Å². The number of nitrogens with zero attached hydrogens (tertiary/aromatic N) is 3. The predicted molar refractivity (Wildman–Crippen MR) is 165 cm³/mol. The van der Waals surface area contributed by atoms with Crippen molar-refractivity contribution in [1.82, 2.24) is 14.8 Å². The maximum absolute atomic E-state index is 14.0. The van der Waals surface area contributed by atoms with Gasteiger partial charge in [0, 0.05) is 49.6 Å². The van der Waals surface area contributed by atoms with Gasteiger partial charge in [-0.25, -0.2) is 13.6 Å². The summed E-state index contributed by atoms with van der Waals surface area (Å²) in [6.07, 6.45) is 1.17. The average molecular weight is 614 g/mol. The van der Waals surface area contributed by atoms with Crippen LogP contribution < -0.4 is 15.5 Å². The predicted octanol–water partition coefficient (Wildman–Crippen LogP) is 6.00. The highest BCUT2D eigenvalue weighted by molar-refractivity contribution is 5.70. The summed E-state index contributed by atoms with van der Waals surface area (Å²) >= 11 is 0. The Kier molecular flexibility index (Phi) is 8.65. The molecule has 0 aliphatic carbocycles. The van der Waals surface area contributed by atoms with Gasteiger partial charge in [0.25, 0.3) is 6.43 Å². The fourth-order valence-corrected chi connectivity index (χ4v) is 6.95. The smallest absolute Gasteiger partial charge is 0.410 e. The molecule has 44 heavy (non-hydrogen) atoms. The third-order valence-electron chi connectivity index (χ3n) is 9.04. The van der Waals surface area contributed by atoms with Crippen molar-refractivity contribution in [2.75, 3.05) is 44.1 Å². The first-order valence-corrected chi connectivity index (χ1v) is 15.8. The van der Waals surface area contributed by atoms with Crippen LogP contribution in [0.15, 0.2) is 30.3 Å². The van der Waals surface area contributed by atoms with Crippen molar-refractivity contribution in [1.29, 1.82) is 0 Å². The molecule has 2 N–H and O–H groups in total. The highest BCUT2D eigenvalue weighted by Gasteiger charge is 2.40.